The van der Waals surface area contributed by atoms with E-state index in [-0.39, 0.29) is 18.1 Å². The zero-order valence-electron chi connectivity index (χ0n) is 16.5. The molecule has 2 aliphatic carbocycles. The number of nitrogens with zero attached hydrogens (tertiary/aromatic N) is 1. The summed E-state index contributed by atoms with van der Waals surface area (Å²) in [5, 5.41) is 20.5. The van der Waals surface area contributed by atoms with Crippen molar-refractivity contribution in [3.63, 3.8) is 0 Å². The predicted molar refractivity (Wildman–Crippen MR) is 105 cm³/mol. The largest absolute Gasteiger partial charge is 0.392 e. The Morgan fingerprint density at radius 2 is 2.04 bits per heavy atom. The lowest BCUT2D eigenvalue weighted by Gasteiger charge is -2.19. The number of hydrogen-bond acceptors (Lipinski definition) is 3. The van der Waals surface area contributed by atoms with E-state index in [4.69, 9.17) is 0 Å². The molecule has 0 amide bonds. The Labute approximate surface area is 154 Å². The van der Waals surface area contributed by atoms with Crippen LogP contribution in [-0.4, -0.2) is 48.0 Å². The fourth-order valence-electron chi connectivity index (χ4n) is 4.53. The van der Waals surface area contributed by atoms with Crippen LogP contribution < -0.4 is 0 Å². The number of fused-ring (bicyclic) bond motifs is 1. The third kappa shape index (κ3) is 6.54. The Bertz CT molecular complexity index is 443. The molecule has 0 unspecified atom stereocenters. The van der Waals surface area contributed by atoms with Gasteiger partial charge in [0.1, 0.15) is 0 Å². The van der Waals surface area contributed by atoms with Gasteiger partial charge in [0.2, 0.25) is 0 Å². The van der Waals surface area contributed by atoms with Gasteiger partial charge in [-0.25, -0.2) is 0 Å². The van der Waals surface area contributed by atoms with Gasteiger partial charge in [-0.2, -0.15) is 0 Å². The van der Waals surface area contributed by atoms with Crippen LogP contribution in [0.25, 0.3) is 0 Å². The van der Waals surface area contributed by atoms with Gasteiger partial charge in [-0.15, -0.1) is 0 Å². The second-order valence-corrected chi connectivity index (χ2v) is 8.45. The topological polar surface area (TPSA) is 43.7 Å². The number of aliphatic hydroxyl groups is 2. The highest BCUT2D eigenvalue weighted by molar-refractivity contribution is 5.20. The molecular weight excluding hydrogens is 310 g/mol. The molecule has 2 N–H and O–H groups in total. The molecule has 1 fully saturated rings. The highest BCUT2D eigenvalue weighted by Crippen LogP contribution is 2.48. The van der Waals surface area contributed by atoms with Crippen LogP contribution in [0, 0.1) is 17.8 Å². The fourth-order valence-corrected chi connectivity index (χ4v) is 4.53. The SMILES string of the molecule is CCCCC[C@H](O)C=C[C@@H]1[C@H]2CC(CCCCN(C)C)=C[C@H]2C[C@H]1O. The second kappa shape index (κ2) is 10.5. The molecule has 0 aliphatic heterocycles. The van der Waals surface area contributed by atoms with Crippen molar-refractivity contribution in [3.8, 4) is 0 Å². The third-order valence-corrected chi connectivity index (χ3v) is 5.96. The molecule has 0 radical (unpaired) electrons. The maximum absolute atomic E-state index is 10.4. The molecule has 0 aromatic heterocycles. The lowest BCUT2D eigenvalue weighted by molar-refractivity contribution is 0.139. The quantitative estimate of drug-likeness (QED) is 0.435. The van der Waals surface area contributed by atoms with Crippen molar-refractivity contribution in [1.82, 2.24) is 4.90 Å². The van der Waals surface area contributed by atoms with Crippen molar-refractivity contribution < 1.29 is 10.2 Å². The Kier molecular flexibility index (Phi) is 8.68. The first-order chi connectivity index (χ1) is 12.0. The van der Waals surface area contributed by atoms with E-state index in [0.29, 0.717) is 11.8 Å². The van der Waals surface area contributed by atoms with E-state index in [1.165, 1.54) is 38.6 Å². The van der Waals surface area contributed by atoms with Crippen molar-refractivity contribution in [2.75, 3.05) is 20.6 Å². The lowest BCUT2D eigenvalue weighted by atomic mass is 9.88. The summed E-state index contributed by atoms with van der Waals surface area (Å²) in [6.45, 7) is 3.35. The first-order valence-corrected chi connectivity index (χ1v) is 10.4. The van der Waals surface area contributed by atoms with Crippen LogP contribution in [0.4, 0.5) is 0 Å². The molecule has 2 aliphatic rings. The van der Waals surface area contributed by atoms with Crippen molar-refractivity contribution in [1.29, 1.82) is 0 Å². The van der Waals surface area contributed by atoms with Crippen LogP contribution >= 0.6 is 0 Å². The van der Waals surface area contributed by atoms with Gasteiger partial charge in [0.15, 0.2) is 0 Å². The molecule has 2 rings (SSSR count). The van der Waals surface area contributed by atoms with Crippen molar-refractivity contribution in [3.05, 3.63) is 23.8 Å². The monoisotopic (exact) mass is 349 g/mol. The average Bonchev–Trinajstić information content (AvgIpc) is 3.06. The smallest absolute Gasteiger partial charge is 0.0721 e. The van der Waals surface area contributed by atoms with Crippen LogP contribution in [0.1, 0.15) is 64.7 Å². The van der Waals surface area contributed by atoms with E-state index < -0.39 is 0 Å². The second-order valence-electron chi connectivity index (χ2n) is 8.45. The molecule has 0 spiro atoms. The molecule has 3 heteroatoms. The molecule has 0 saturated heterocycles. The van der Waals surface area contributed by atoms with Crippen molar-refractivity contribution in [2.45, 2.75) is 76.9 Å². The molecule has 3 nitrogen and oxygen atoms in total. The number of hydrogen-bond donors (Lipinski definition) is 2. The zero-order valence-corrected chi connectivity index (χ0v) is 16.5. The summed E-state index contributed by atoms with van der Waals surface area (Å²) in [6, 6.07) is 0. The fraction of sp³-hybridized carbons (Fsp3) is 0.818. The van der Waals surface area contributed by atoms with Crippen LogP contribution in [0.3, 0.4) is 0 Å². The van der Waals surface area contributed by atoms with E-state index in [9.17, 15) is 10.2 Å². The van der Waals surface area contributed by atoms with Gasteiger partial charge in [-0.3, -0.25) is 0 Å². The lowest BCUT2D eigenvalue weighted by Crippen LogP contribution is -2.18. The normalized spacial score (nSPS) is 30.2. The third-order valence-electron chi connectivity index (χ3n) is 5.96. The van der Waals surface area contributed by atoms with Gasteiger partial charge >= 0.3 is 0 Å². The molecule has 5 atom stereocenters. The molecule has 0 aromatic carbocycles. The van der Waals surface area contributed by atoms with Gasteiger partial charge in [0.05, 0.1) is 12.2 Å². The van der Waals surface area contributed by atoms with Crippen LogP contribution in [0.2, 0.25) is 0 Å². The van der Waals surface area contributed by atoms with Gasteiger partial charge in [0, 0.05) is 5.92 Å². The minimum atomic E-state index is -0.349. The molecule has 1 saturated carbocycles. The maximum atomic E-state index is 10.4. The number of unbranched alkanes of at least 4 members (excludes halogenated alkanes) is 3. The first-order valence-electron chi connectivity index (χ1n) is 10.4. The summed E-state index contributed by atoms with van der Waals surface area (Å²) in [7, 11) is 4.27. The Morgan fingerprint density at radius 3 is 2.76 bits per heavy atom. The van der Waals surface area contributed by atoms with E-state index in [1.807, 2.05) is 6.08 Å². The van der Waals surface area contributed by atoms with E-state index in [0.717, 1.165) is 25.7 Å². The summed E-state index contributed by atoms with van der Waals surface area (Å²) in [4.78, 5) is 2.25. The summed E-state index contributed by atoms with van der Waals surface area (Å²) in [6.07, 6.45) is 16.0. The van der Waals surface area contributed by atoms with Gasteiger partial charge in [-0.05, 0) is 71.0 Å². The molecule has 0 heterocycles. The molecule has 0 bridgehead atoms. The number of rotatable bonds is 11. The summed E-state index contributed by atoms with van der Waals surface area (Å²) >= 11 is 0. The Hall–Kier alpha value is -0.640. The molecular formula is C22H39NO2. The van der Waals surface area contributed by atoms with E-state index in [2.05, 4.69) is 38.1 Å². The minimum Gasteiger partial charge on any atom is -0.392 e. The van der Waals surface area contributed by atoms with E-state index >= 15 is 0 Å². The van der Waals surface area contributed by atoms with Gasteiger partial charge in [-0.1, -0.05) is 50.0 Å². The van der Waals surface area contributed by atoms with Gasteiger partial charge in [0.25, 0.3) is 0 Å². The summed E-state index contributed by atoms with van der Waals surface area (Å²) in [5.41, 5.74) is 1.60. The highest BCUT2D eigenvalue weighted by Gasteiger charge is 2.43. The van der Waals surface area contributed by atoms with Crippen LogP contribution in [0.15, 0.2) is 23.8 Å². The molecule has 25 heavy (non-hydrogen) atoms. The Balaban J connectivity index is 1.78. The van der Waals surface area contributed by atoms with E-state index in [1.54, 1.807) is 5.57 Å². The zero-order chi connectivity index (χ0) is 18.2. The van der Waals surface area contributed by atoms with Crippen molar-refractivity contribution >= 4 is 0 Å². The highest BCUT2D eigenvalue weighted by atomic mass is 16.3. The first kappa shape index (κ1) is 20.7. The van der Waals surface area contributed by atoms with Crippen molar-refractivity contribution in [2.24, 2.45) is 17.8 Å². The standard InChI is InChI=1S/C22H39NO2/c1-4-5-6-10-19(24)11-12-20-21-15-17(9-7-8-13-23(2)3)14-18(21)16-22(20)25/h11-12,14,18-22,24-25H,4-10,13,15-16H2,1-3H3/t18-,19-,20+,21-,22+/m0/s1. The van der Waals surface area contributed by atoms with Crippen LogP contribution in [0.5, 0.6) is 0 Å². The molecule has 0 aromatic rings. The van der Waals surface area contributed by atoms with Crippen LogP contribution in [-0.2, 0) is 0 Å². The minimum absolute atomic E-state index is 0.223. The summed E-state index contributed by atoms with van der Waals surface area (Å²) in [5.74, 6) is 1.32. The predicted octanol–water partition coefficient (Wildman–Crippen LogP) is 4.16. The summed E-state index contributed by atoms with van der Waals surface area (Å²) < 4.78 is 0. The van der Waals surface area contributed by atoms with Gasteiger partial charge < -0.3 is 15.1 Å². The molecule has 144 valence electrons. The average molecular weight is 350 g/mol. The maximum Gasteiger partial charge on any atom is 0.0721 e. The Morgan fingerprint density at radius 1 is 1.24 bits per heavy atom. The number of aliphatic hydroxyl groups excluding tert-OH is 2. The number of allylic oxidation sites excluding steroid dienone is 2.